The summed E-state index contributed by atoms with van der Waals surface area (Å²) in [6.45, 7) is 3.78. The van der Waals surface area contributed by atoms with Crippen molar-refractivity contribution in [2.75, 3.05) is 13.1 Å². The summed E-state index contributed by atoms with van der Waals surface area (Å²) in [6, 6.07) is 8.71. The number of hydrogen-bond acceptors (Lipinski definition) is 5. The summed E-state index contributed by atoms with van der Waals surface area (Å²) >= 11 is 6.30. The standard InChI is InChI=1S/C29H32ClN3O4/c1-15-2-5-18(12-20(15)30)27(35)32-21-8-9-29(36)22-13-17-6-7-19(26(31)34)24-23(17)28(29,25(21)37-24)10-11-33(22)14-16-3-4-16/h2,5-7,12,16,21-22,25,36H,3-4,8-11,13-14H2,1H3,(H2,31,34)(H,32,35)/t21-,22-,25+,28+,29-/m1/s1. The average molecular weight is 522 g/mol. The molecule has 2 saturated carbocycles. The molecule has 5 atom stereocenters. The Morgan fingerprint density at radius 3 is 2.76 bits per heavy atom. The van der Waals surface area contributed by atoms with Crippen LogP contribution in [0.15, 0.2) is 30.3 Å². The van der Waals surface area contributed by atoms with Gasteiger partial charge in [0.2, 0.25) is 0 Å². The lowest BCUT2D eigenvalue weighted by Crippen LogP contribution is -2.78. The molecule has 0 radical (unpaired) electrons. The van der Waals surface area contributed by atoms with E-state index < -0.39 is 23.0 Å². The fourth-order valence-corrected chi connectivity index (χ4v) is 8.00. The molecule has 2 bridgehead atoms. The first-order valence-corrected chi connectivity index (χ1v) is 13.8. The number of ether oxygens (including phenoxy) is 1. The highest BCUT2D eigenvalue weighted by Crippen LogP contribution is 2.64. The molecule has 2 aromatic carbocycles. The highest BCUT2D eigenvalue weighted by molar-refractivity contribution is 6.31. The van der Waals surface area contributed by atoms with Crippen molar-refractivity contribution in [3.8, 4) is 5.75 Å². The van der Waals surface area contributed by atoms with E-state index in [0.29, 0.717) is 41.2 Å². The third-order valence-corrected chi connectivity index (χ3v) is 10.2. The molecule has 3 fully saturated rings. The molecule has 1 spiro atoms. The summed E-state index contributed by atoms with van der Waals surface area (Å²) in [5, 5.41) is 16.4. The smallest absolute Gasteiger partial charge is 0.252 e. The maximum atomic E-state index is 13.3. The fourth-order valence-electron chi connectivity index (χ4n) is 7.82. The van der Waals surface area contributed by atoms with Crippen LogP contribution in [0.2, 0.25) is 5.02 Å². The molecule has 37 heavy (non-hydrogen) atoms. The number of likely N-dealkylation sites (tertiary alicyclic amines) is 1. The van der Waals surface area contributed by atoms with E-state index in [-0.39, 0.29) is 18.0 Å². The Bertz CT molecular complexity index is 1340. The van der Waals surface area contributed by atoms with Crippen LogP contribution >= 0.6 is 11.6 Å². The van der Waals surface area contributed by atoms with Crippen molar-refractivity contribution in [2.45, 2.75) is 74.7 Å². The largest absolute Gasteiger partial charge is 0.486 e. The zero-order valence-electron chi connectivity index (χ0n) is 20.9. The number of aryl methyl sites for hydroxylation is 1. The van der Waals surface area contributed by atoms with Crippen molar-refractivity contribution < 1.29 is 19.4 Å². The van der Waals surface area contributed by atoms with E-state index in [1.54, 1.807) is 18.2 Å². The zero-order chi connectivity index (χ0) is 25.7. The summed E-state index contributed by atoms with van der Waals surface area (Å²) in [6.07, 6.45) is 4.60. The number of benzene rings is 2. The van der Waals surface area contributed by atoms with Gasteiger partial charge in [0.15, 0.2) is 0 Å². The molecule has 4 N–H and O–H groups in total. The van der Waals surface area contributed by atoms with Crippen molar-refractivity contribution in [1.29, 1.82) is 0 Å². The van der Waals surface area contributed by atoms with E-state index in [0.717, 1.165) is 42.1 Å². The molecule has 194 valence electrons. The molecular formula is C29H32ClN3O4. The van der Waals surface area contributed by atoms with Gasteiger partial charge in [-0.2, -0.15) is 0 Å². The minimum Gasteiger partial charge on any atom is -0.486 e. The first-order chi connectivity index (χ1) is 17.7. The topological polar surface area (TPSA) is 105 Å². The van der Waals surface area contributed by atoms with Crippen LogP contribution in [0.4, 0.5) is 0 Å². The van der Waals surface area contributed by atoms with Gasteiger partial charge in [-0.05, 0) is 87.2 Å². The zero-order valence-corrected chi connectivity index (χ0v) is 21.7. The maximum Gasteiger partial charge on any atom is 0.252 e. The van der Waals surface area contributed by atoms with Crippen LogP contribution in [0, 0.1) is 12.8 Å². The van der Waals surface area contributed by atoms with Gasteiger partial charge < -0.3 is 20.9 Å². The quantitative estimate of drug-likeness (QED) is 0.561. The Labute approximate surface area is 221 Å². The summed E-state index contributed by atoms with van der Waals surface area (Å²) < 4.78 is 6.64. The summed E-state index contributed by atoms with van der Waals surface area (Å²) in [4.78, 5) is 28.2. The number of nitrogens with one attached hydrogen (secondary N) is 1. The number of carbonyl (C=O) groups is 2. The molecule has 0 unspecified atom stereocenters. The normalized spacial score (nSPS) is 33.4. The Hall–Kier alpha value is -2.61. The fraction of sp³-hybridized carbons (Fsp3) is 0.517. The summed E-state index contributed by atoms with van der Waals surface area (Å²) in [5.74, 6) is 0.461. The predicted molar refractivity (Wildman–Crippen MR) is 139 cm³/mol. The second-order valence-electron chi connectivity index (χ2n) is 11.8. The number of hydrogen-bond donors (Lipinski definition) is 3. The molecule has 2 amide bonds. The van der Waals surface area contributed by atoms with Gasteiger partial charge in [-0.25, -0.2) is 0 Å². The molecule has 5 aliphatic rings. The minimum atomic E-state index is -1.01. The molecule has 7 rings (SSSR count). The number of carbonyl (C=O) groups excluding carboxylic acids is 2. The Balaban J connectivity index is 1.31. The third-order valence-electron chi connectivity index (χ3n) is 9.80. The lowest BCUT2D eigenvalue weighted by Gasteiger charge is -2.64. The molecule has 2 aliphatic heterocycles. The number of rotatable bonds is 5. The van der Waals surface area contributed by atoms with Crippen LogP contribution in [0.1, 0.15) is 69.5 Å². The number of nitrogens with two attached hydrogens (primary N) is 1. The number of amides is 2. The first-order valence-electron chi connectivity index (χ1n) is 13.4. The van der Waals surface area contributed by atoms with Crippen molar-refractivity contribution >= 4 is 23.4 Å². The molecule has 8 heteroatoms. The van der Waals surface area contributed by atoms with Crippen molar-refractivity contribution in [1.82, 2.24) is 10.2 Å². The van der Waals surface area contributed by atoms with Crippen molar-refractivity contribution in [3.63, 3.8) is 0 Å². The predicted octanol–water partition coefficient (Wildman–Crippen LogP) is 3.11. The highest BCUT2D eigenvalue weighted by atomic mass is 35.5. The molecule has 7 nitrogen and oxygen atoms in total. The number of nitrogens with zero attached hydrogens (tertiary/aromatic N) is 1. The second kappa shape index (κ2) is 7.95. The van der Waals surface area contributed by atoms with Crippen LogP contribution in [0.3, 0.4) is 0 Å². The van der Waals surface area contributed by atoms with Gasteiger partial charge in [-0.3, -0.25) is 14.5 Å². The summed E-state index contributed by atoms with van der Waals surface area (Å²) in [5.41, 5.74) is 7.87. The number of piperidine rings is 1. The van der Waals surface area contributed by atoms with Gasteiger partial charge in [-0.1, -0.05) is 23.7 Å². The van der Waals surface area contributed by atoms with Crippen molar-refractivity contribution in [3.05, 3.63) is 63.2 Å². The molecule has 2 aromatic rings. The van der Waals surface area contributed by atoms with E-state index in [9.17, 15) is 14.7 Å². The Morgan fingerprint density at radius 1 is 1.22 bits per heavy atom. The van der Waals surface area contributed by atoms with Gasteiger partial charge in [-0.15, -0.1) is 0 Å². The lowest BCUT2D eigenvalue weighted by molar-refractivity contribution is -0.191. The SMILES string of the molecule is Cc1ccc(C(=O)N[C@@H]2CC[C@@]3(O)[C@H]4Cc5ccc(C(N)=O)c6c5[C@@]3(CCN4CC3CC3)[C@H]2O6)cc1Cl. The van der Waals surface area contributed by atoms with Gasteiger partial charge in [0.1, 0.15) is 11.9 Å². The van der Waals surface area contributed by atoms with E-state index in [4.69, 9.17) is 22.1 Å². The Kier molecular flexibility index (Phi) is 5.05. The number of primary amides is 1. The average Bonchev–Trinajstić information content (AvgIpc) is 3.61. The lowest BCUT2D eigenvalue weighted by atomic mass is 9.48. The minimum absolute atomic E-state index is 0.0154. The number of aliphatic hydroxyl groups is 1. The maximum absolute atomic E-state index is 13.3. The van der Waals surface area contributed by atoms with Crippen molar-refractivity contribution in [2.24, 2.45) is 11.7 Å². The molecule has 2 heterocycles. The highest BCUT2D eigenvalue weighted by Gasteiger charge is 2.73. The van der Waals surface area contributed by atoms with Gasteiger partial charge in [0, 0.05) is 28.7 Å². The Morgan fingerprint density at radius 2 is 2.03 bits per heavy atom. The molecular weight excluding hydrogens is 490 g/mol. The van der Waals surface area contributed by atoms with Crippen LogP contribution in [-0.4, -0.2) is 58.7 Å². The van der Waals surface area contributed by atoms with Crippen LogP contribution in [0.25, 0.3) is 0 Å². The van der Waals surface area contributed by atoms with Crippen LogP contribution < -0.4 is 15.8 Å². The first kappa shape index (κ1) is 23.5. The molecule has 0 aromatic heterocycles. The van der Waals surface area contributed by atoms with E-state index >= 15 is 0 Å². The van der Waals surface area contributed by atoms with Gasteiger partial charge in [0.05, 0.1) is 22.6 Å². The van der Waals surface area contributed by atoms with E-state index in [2.05, 4.69) is 10.2 Å². The molecule has 3 aliphatic carbocycles. The monoisotopic (exact) mass is 521 g/mol. The van der Waals surface area contributed by atoms with Gasteiger partial charge in [0.25, 0.3) is 11.8 Å². The molecule has 1 saturated heterocycles. The van der Waals surface area contributed by atoms with Crippen LogP contribution in [-0.2, 0) is 11.8 Å². The number of halogens is 1. The van der Waals surface area contributed by atoms with E-state index in [1.807, 2.05) is 19.1 Å². The summed E-state index contributed by atoms with van der Waals surface area (Å²) in [7, 11) is 0. The van der Waals surface area contributed by atoms with Gasteiger partial charge >= 0.3 is 0 Å². The second-order valence-corrected chi connectivity index (χ2v) is 12.2. The third kappa shape index (κ3) is 3.20. The van der Waals surface area contributed by atoms with E-state index in [1.165, 1.54) is 12.8 Å². The van der Waals surface area contributed by atoms with Crippen LogP contribution in [0.5, 0.6) is 5.75 Å².